The molecule has 0 saturated carbocycles. The third kappa shape index (κ3) is 3.29. The van der Waals surface area contributed by atoms with Gasteiger partial charge in [-0.25, -0.2) is 14.9 Å². The fourth-order valence-corrected chi connectivity index (χ4v) is 2.23. The van der Waals surface area contributed by atoms with E-state index in [9.17, 15) is 4.79 Å². The van der Waals surface area contributed by atoms with Crippen LogP contribution in [0.25, 0.3) is 11.3 Å². The molecule has 116 valence electrons. The highest BCUT2D eigenvalue weighted by atomic mass is 32.1. The Kier molecular flexibility index (Phi) is 4.20. The van der Waals surface area contributed by atoms with Gasteiger partial charge in [0.25, 0.3) is 0 Å². The summed E-state index contributed by atoms with van der Waals surface area (Å²) in [7, 11) is 0. The molecular weight excluding hydrogens is 316 g/mol. The van der Waals surface area contributed by atoms with Crippen molar-refractivity contribution in [3.63, 3.8) is 0 Å². The molecule has 2 aromatic heterocycles. The minimum absolute atomic E-state index is 0.0999. The van der Waals surface area contributed by atoms with E-state index in [1.807, 2.05) is 30.3 Å². The van der Waals surface area contributed by atoms with Crippen molar-refractivity contribution in [3.8, 4) is 17.1 Å². The van der Waals surface area contributed by atoms with Crippen molar-refractivity contribution in [1.82, 2.24) is 10.1 Å². The molecule has 0 saturated heterocycles. The van der Waals surface area contributed by atoms with Crippen LogP contribution in [-0.2, 0) is 6.61 Å². The zero-order valence-electron chi connectivity index (χ0n) is 11.9. The van der Waals surface area contributed by atoms with E-state index in [4.69, 9.17) is 26.6 Å². The summed E-state index contributed by atoms with van der Waals surface area (Å²) >= 11 is 5.17. The lowest BCUT2D eigenvalue weighted by Crippen LogP contribution is -2.01. The number of carboxylic acid groups (broad SMARTS) is 1. The summed E-state index contributed by atoms with van der Waals surface area (Å²) in [6.07, 6.45) is 1.24. The van der Waals surface area contributed by atoms with Crippen LogP contribution in [0.1, 0.15) is 15.9 Å². The van der Waals surface area contributed by atoms with E-state index in [2.05, 4.69) is 10.1 Å². The number of aromatic amines is 1. The second kappa shape index (κ2) is 6.45. The molecule has 0 unspecified atom stereocenters. The van der Waals surface area contributed by atoms with Gasteiger partial charge in [0.1, 0.15) is 6.61 Å². The second-order valence-corrected chi connectivity index (χ2v) is 5.06. The molecule has 0 aliphatic rings. The lowest BCUT2D eigenvalue weighted by atomic mass is 10.1. The van der Waals surface area contributed by atoms with Gasteiger partial charge in [-0.2, -0.15) is 0 Å². The highest BCUT2D eigenvalue weighted by molar-refractivity contribution is 7.71. The summed E-state index contributed by atoms with van der Waals surface area (Å²) in [5.74, 6) is -0.725. The third-order valence-electron chi connectivity index (χ3n) is 3.20. The summed E-state index contributed by atoms with van der Waals surface area (Å²) in [6.45, 7) is 0.162. The summed E-state index contributed by atoms with van der Waals surface area (Å²) in [5.41, 5.74) is 2.48. The van der Waals surface area contributed by atoms with Crippen molar-refractivity contribution in [2.75, 3.05) is 0 Å². The van der Waals surface area contributed by atoms with E-state index in [-0.39, 0.29) is 12.2 Å². The topological polar surface area (TPSA) is 88.4 Å². The number of hydrogen-bond acceptors (Lipinski definition) is 5. The zero-order valence-corrected chi connectivity index (χ0v) is 12.7. The van der Waals surface area contributed by atoms with Crippen molar-refractivity contribution >= 4 is 18.2 Å². The quantitative estimate of drug-likeness (QED) is 0.695. The highest BCUT2D eigenvalue weighted by Gasteiger charge is 2.13. The van der Waals surface area contributed by atoms with Crippen molar-refractivity contribution < 1.29 is 19.2 Å². The number of H-pyrrole nitrogens is 1. The van der Waals surface area contributed by atoms with Gasteiger partial charge in [0, 0.05) is 17.8 Å². The van der Waals surface area contributed by atoms with Crippen molar-refractivity contribution in [3.05, 3.63) is 64.5 Å². The molecule has 0 bridgehead atoms. The molecule has 7 heteroatoms. The molecule has 0 fully saturated rings. The maximum absolute atomic E-state index is 10.8. The van der Waals surface area contributed by atoms with Crippen molar-refractivity contribution in [2.45, 2.75) is 6.61 Å². The molecule has 3 aromatic rings. The van der Waals surface area contributed by atoms with Gasteiger partial charge in [-0.15, -0.1) is 0 Å². The van der Waals surface area contributed by atoms with Gasteiger partial charge in [0.2, 0.25) is 10.6 Å². The molecule has 0 amide bonds. The summed E-state index contributed by atoms with van der Waals surface area (Å²) in [4.78, 5) is 14.7. The maximum Gasteiger partial charge on any atom is 0.337 e. The molecule has 1 aromatic carbocycles. The maximum atomic E-state index is 10.8. The predicted molar refractivity (Wildman–Crippen MR) is 84.9 cm³/mol. The number of ether oxygens (including phenoxy) is 1. The standard InChI is InChI=1S/C16H12N2O4S/c19-15(20)11-6-7-13(17-8-11)21-9-12-14(18-22-16(12)23)10-4-2-1-3-5-10/h1-8,18H,9H2,(H,19,20). The lowest BCUT2D eigenvalue weighted by molar-refractivity contribution is 0.0696. The first kappa shape index (κ1) is 15.0. The molecule has 0 aliphatic carbocycles. The zero-order chi connectivity index (χ0) is 16.2. The van der Waals surface area contributed by atoms with E-state index in [1.165, 1.54) is 18.3 Å². The molecule has 2 N–H and O–H groups in total. The largest absolute Gasteiger partial charge is 0.478 e. The van der Waals surface area contributed by atoms with Crippen LogP contribution in [0, 0.1) is 4.71 Å². The molecule has 2 heterocycles. The molecule has 3 rings (SSSR count). The molecule has 6 nitrogen and oxygen atoms in total. The average Bonchev–Trinajstić information content (AvgIpc) is 2.95. The lowest BCUT2D eigenvalue weighted by Gasteiger charge is -2.05. The summed E-state index contributed by atoms with van der Waals surface area (Å²) < 4.78 is 11.1. The number of aromatic carboxylic acids is 1. The van der Waals surface area contributed by atoms with E-state index in [0.717, 1.165) is 11.3 Å². The number of carbonyl (C=O) groups is 1. The van der Waals surface area contributed by atoms with Crippen LogP contribution >= 0.6 is 12.2 Å². The Balaban J connectivity index is 1.80. The Labute approximate surface area is 136 Å². The molecular formula is C16H12N2O4S. The number of hydrogen-bond donors (Lipinski definition) is 2. The first-order chi connectivity index (χ1) is 11.1. The van der Waals surface area contributed by atoms with E-state index >= 15 is 0 Å². The normalized spacial score (nSPS) is 10.4. The van der Waals surface area contributed by atoms with Crippen LogP contribution in [0.15, 0.2) is 53.2 Å². The van der Waals surface area contributed by atoms with Gasteiger partial charge in [-0.3, -0.25) is 0 Å². The fourth-order valence-electron chi connectivity index (χ4n) is 2.03. The smallest absolute Gasteiger partial charge is 0.337 e. The Hall–Kier alpha value is -2.93. The number of rotatable bonds is 5. The van der Waals surface area contributed by atoms with Gasteiger partial charge < -0.3 is 14.4 Å². The van der Waals surface area contributed by atoms with Crippen LogP contribution in [0.2, 0.25) is 0 Å². The second-order valence-electron chi connectivity index (χ2n) is 4.69. The third-order valence-corrected chi connectivity index (χ3v) is 3.53. The van der Waals surface area contributed by atoms with Gasteiger partial charge in [0.05, 0.1) is 16.8 Å². The Morgan fingerprint density at radius 1 is 1.26 bits per heavy atom. The number of benzene rings is 1. The predicted octanol–water partition coefficient (Wildman–Crippen LogP) is 3.68. The van der Waals surface area contributed by atoms with Crippen LogP contribution in [-0.4, -0.2) is 21.2 Å². The monoisotopic (exact) mass is 328 g/mol. The Bertz CT molecular complexity index is 869. The SMILES string of the molecule is O=C(O)c1ccc(OCc2c(-c3ccccc3)[nH]oc2=S)nc1. The van der Waals surface area contributed by atoms with E-state index in [0.29, 0.717) is 16.2 Å². The molecule has 0 radical (unpaired) electrons. The van der Waals surface area contributed by atoms with Crippen molar-refractivity contribution in [1.29, 1.82) is 0 Å². The number of carboxylic acids is 1. The molecule has 0 atom stereocenters. The molecule has 0 aliphatic heterocycles. The average molecular weight is 328 g/mol. The van der Waals surface area contributed by atoms with Gasteiger partial charge in [-0.1, -0.05) is 30.3 Å². The van der Waals surface area contributed by atoms with Gasteiger partial charge >= 0.3 is 5.97 Å². The van der Waals surface area contributed by atoms with Crippen LogP contribution in [0.5, 0.6) is 5.88 Å². The number of pyridine rings is 1. The highest BCUT2D eigenvalue weighted by Crippen LogP contribution is 2.24. The van der Waals surface area contributed by atoms with Crippen molar-refractivity contribution in [2.24, 2.45) is 0 Å². The Morgan fingerprint density at radius 3 is 2.70 bits per heavy atom. The van der Waals surface area contributed by atoms with Gasteiger partial charge in [-0.05, 0) is 18.3 Å². The summed E-state index contributed by atoms with van der Waals surface area (Å²) in [6, 6.07) is 12.5. The van der Waals surface area contributed by atoms with Crippen LogP contribution < -0.4 is 4.74 Å². The molecule has 0 spiro atoms. The summed E-state index contributed by atoms with van der Waals surface area (Å²) in [5, 5.41) is 11.6. The fraction of sp³-hybridized carbons (Fsp3) is 0.0625. The first-order valence-electron chi connectivity index (χ1n) is 6.73. The van der Waals surface area contributed by atoms with Gasteiger partial charge in [0.15, 0.2) is 0 Å². The number of nitrogens with zero attached hydrogens (tertiary/aromatic N) is 1. The minimum atomic E-state index is -1.03. The van der Waals surface area contributed by atoms with E-state index in [1.54, 1.807) is 0 Å². The van der Waals surface area contributed by atoms with E-state index < -0.39 is 5.97 Å². The Morgan fingerprint density at radius 2 is 2.04 bits per heavy atom. The van der Waals surface area contributed by atoms with Crippen LogP contribution in [0.4, 0.5) is 0 Å². The number of nitrogens with one attached hydrogen (secondary N) is 1. The number of aromatic nitrogens is 2. The first-order valence-corrected chi connectivity index (χ1v) is 7.14. The van der Waals surface area contributed by atoms with Crippen LogP contribution in [0.3, 0.4) is 0 Å². The molecule has 23 heavy (non-hydrogen) atoms. The minimum Gasteiger partial charge on any atom is -0.478 e.